The number of aliphatic hydroxyl groups excluding tert-OH is 1. The largest absolute Gasteiger partial charge is 0.445 e. The number of methoxy groups -OCH3 is 2. The first-order valence-corrected chi connectivity index (χ1v) is 34.5. The summed E-state index contributed by atoms with van der Waals surface area (Å²) in [6, 6.07) is 8.76. The molecule has 2 aromatic rings. The van der Waals surface area contributed by atoms with Crippen LogP contribution in [0.4, 0.5) is 15.3 Å². The Morgan fingerprint density at radius 2 is 1.39 bits per heavy atom. The number of hydrogen-bond acceptors (Lipinski definition) is 15. The molecule has 97 heavy (non-hydrogen) atoms. The number of nitrogens with zero attached hydrogens (tertiary/aromatic N) is 4. The van der Waals surface area contributed by atoms with E-state index in [-0.39, 0.29) is 93.2 Å². The van der Waals surface area contributed by atoms with Crippen LogP contribution in [0.1, 0.15) is 177 Å². The third-order valence-electron chi connectivity index (χ3n) is 19.2. The molecule has 0 spiro atoms. The number of carbonyl (C=O) groups excluding carboxylic acids is 11. The van der Waals surface area contributed by atoms with Crippen molar-refractivity contribution in [2.45, 2.75) is 227 Å². The standard InChI is InChI=1S/C71H113N11O15/c1-17-45(9)60(53(95-15)39-55(84)81-38-26-30-52(81)62(96-16)46(10)63(87)74-47(11)61(86)49-27-21-19-22-28-49)79(13)67(91)58(43(5)6)78-66(90)59(44(7)8)80(14)70(94)97-41-48-32-34-50(35-33-48)75-64(88)51(29-25-36-73-69(72)93)76-65(89)57(42(3)4)77-54(83)31-23-20-24-37-82-56(85)40-71(12,18-2)68(82)92/h19,21-22,27-28,32-35,42-47,51-53,57-62,86H,17-18,20,23-26,29-31,36-41H2,1-16H3,(H,74,87)(H,75,88)(H,76,89)(H,77,83)(H,78,90)(H3,72,73,93)/t45-,46+,47+,51-,52-,53+,57-,58-,59?,60-,61+,62+,71?/m0/s1. The van der Waals surface area contributed by atoms with Crippen molar-refractivity contribution < 1.29 is 72.1 Å². The highest BCUT2D eigenvalue weighted by molar-refractivity contribution is 6.05. The first kappa shape index (κ1) is 81.7. The molecule has 542 valence electrons. The van der Waals surface area contributed by atoms with Crippen molar-refractivity contribution in [1.29, 1.82) is 0 Å². The van der Waals surface area contributed by atoms with Crippen molar-refractivity contribution in [2.24, 2.45) is 40.7 Å². The van der Waals surface area contributed by atoms with E-state index >= 15 is 0 Å². The van der Waals surface area contributed by atoms with Gasteiger partial charge in [0.1, 0.15) is 30.8 Å². The normalized spacial score (nSPS) is 18.9. The zero-order valence-electron chi connectivity index (χ0n) is 60.2. The van der Waals surface area contributed by atoms with Crippen LogP contribution < -0.4 is 37.6 Å². The SMILES string of the molecule is CC[C@H](C)[C@@H]([C@@H](CC(=O)N1CCC[C@H]1[C@H](OC)[C@@H](C)C(=O)N[C@H](C)[C@@H](O)c1ccccc1)OC)N(C)C(=O)[C@@H](NC(=O)C(C(C)C)N(C)C(=O)OCc1ccc(NC(=O)[C@H](CCCNC(N)=O)NC(=O)[C@@H](NC(=O)CCCCCN2C(=O)CC(C)(CC)C2=O)C(C)C)cc1)C(C)C. The number of nitrogens with one attached hydrogen (secondary N) is 6. The second-order valence-corrected chi connectivity index (χ2v) is 27.5. The third kappa shape index (κ3) is 23.2. The van der Waals surface area contributed by atoms with E-state index in [0.717, 1.165) is 0 Å². The number of nitrogens with two attached hydrogens (primary N) is 1. The van der Waals surface area contributed by atoms with E-state index in [1.807, 2.05) is 39.0 Å². The fourth-order valence-corrected chi connectivity index (χ4v) is 12.9. The van der Waals surface area contributed by atoms with Gasteiger partial charge >= 0.3 is 12.1 Å². The Labute approximate surface area is 574 Å². The number of hydrogen-bond donors (Lipinski definition) is 8. The number of likely N-dealkylation sites (N-methyl/N-ethyl adjacent to an activating group) is 2. The van der Waals surface area contributed by atoms with Crippen molar-refractivity contribution in [2.75, 3.05) is 53.3 Å². The van der Waals surface area contributed by atoms with Gasteiger partial charge in [-0.1, -0.05) is 131 Å². The van der Waals surface area contributed by atoms with Gasteiger partial charge in [0, 0.05) is 66.5 Å². The van der Waals surface area contributed by atoms with Gasteiger partial charge in [0.15, 0.2) is 0 Å². The maximum Gasteiger partial charge on any atom is 0.410 e. The average Bonchev–Trinajstić information content (AvgIpc) is 1.74. The zero-order chi connectivity index (χ0) is 72.6. The molecule has 13 atom stereocenters. The number of aliphatic hydroxyl groups is 1. The van der Waals surface area contributed by atoms with Gasteiger partial charge in [0.05, 0.1) is 54.2 Å². The Morgan fingerprint density at radius 1 is 0.742 bits per heavy atom. The highest BCUT2D eigenvalue weighted by atomic mass is 16.6. The van der Waals surface area contributed by atoms with Crippen molar-refractivity contribution >= 4 is 71.0 Å². The van der Waals surface area contributed by atoms with Gasteiger partial charge in [-0.15, -0.1) is 0 Å². The van der Waals surface area contributed by atoms with Gasteiger partial charge < -0.3 is 66.8 Å². The summed E-state index contributed by atoms with van der Waals surface area (Å²) < 4.78 is 17.8. The number of urea groups is 1. The molecule has 2 aromatic carbocycles. The molecule has 2 aliphatic heterocycles. The average molecular weight is 1360 g/mol. The lowest BCUT2D eigenvalue weighted by Gasteiger charge is -2.41. The minimum absolute atomic E-state index is 0.0860. The van der Waals surface area contributed by atoms with Crippen molar-refractivity contribution in [1.82, 2.24) is 46.2 Å². The first-order chi connectivity index (χ1) is 45.8. The summed E-state index contributed by atoms with van der Waals surface area (Å²) in [5, 5.41) is 27.7. The summed E-state index contributed by atoms with van der Waals surface area (Å²) >= 11 is 0. The number of rotatable bonds is 39. The van der Waals surface area contributed by atoms with Gasteiger partial charge in [0.2, 0.25) is 53.2 Å². The van der Waals surface area contributed by atoms with Gasteiger partial charge in [-0.05, 0) is 98.8 Å². The van der Waals surface area contributed by atoms with E-state index in [0.29, 0.717) is 68.3 Å². The number of carbonyl (C=O) groups is 11. The van der Waals surface area contributed by atoms with Gasteiger partial charge in [-0.2, -0.15) is 0 Å². The molecule has 0 radical (unpaired) electrons. The molecule has 12 amide bonds. The van der Waals surface area contributed by atoms with Crippen LogP contribution in [0.25, 0.3) is 0 Å². The van der Waals surface area contributed by atoms with E-state index in [2.05, 4.69) is 31.9 Å². The van der Waals surface area contributed by atoms with Crippen LogP contribution in [-0.2, 0) is 64.0 Å². The van der Waals surface area contributed by atoms with Crippen LogP contribution in [0.5, 0.6) is 0 Å². The molecule has 2 unspecified atom stereocenters. The number of unbranched alkanes of at least 4 members (excludes halogenated alkanes) is 2. The smallest absolute Gasteiger partial charge is 0.410 e. The molecule has 2 heterocycles. The summed E-state index contributed by atoms with van der Waals surface area (Å²) in [6.07, 6.45) is 1.34. The number of benzene rings is 2. The van der Waals surface area contributed by atoms with Gasteiger partial charge in [-0.25, -0.2) is 9.59 Å². The Bertz CT molecular complexity index is 2950. The molecule has 0 saturated carbocycles. The molecule has 0 bridgehead atoms. The lowest BCUT2D eigenvalue weighted by Crippen LogP contribution is -2.60. The molecule has 26 heteroatoms. The number of amides is 12. The second kappa shape index (κ2) is 39.0. The van der Waals surface area contributed by atoms with E-state index in [4.69, 9.17) is 19.9 Å². The third-order valence-corrected chi connectivity index (χ3v) is 19.2. The molecule has 0 aromatic heterocycles. The number of imide groups is 1. The number of ether oxygens (including phenoxy) is 3. The van der Waals surface area contributed by atoms with E-state index in [1.54, 1.807) is 116 Å². The van der Waals surface area contributed by atoms with E-state index in [1.165, 1.54) is 31.1 Å². The zero-order valence-corrected chi connectivity index (χ0v) is 60.2. The van der Waals surface area contributed by atoms with Crippen LogP contribution in [0.2, 0.25) is 0 Å². The maximum atomic E-state index is 14.8. The highest BCUT2D eigenvalue weighted by Crippen LogP contribution is 2.36. The predicted octanol–water partition coefficient (Wildman–Crippen LogP) is 6.33. The topological polar surface area (TPSA) is 347 Å². The van der Waals surface area contributed by atoms with Crippen molar-refractivity contribution in [3.05, 3.63) is 65.7 Å². The molecule has 0 aliphatic carbocycles. The fraction of sp³-hybridized carbons (Fsp3) is 0.676. The maximum absolute atomic E-state index is 14.8. The first-order valence-electron chi connectivity index (χ1n) is 34.5. The molecule has 26 nitrogen and oxygen atoms in total. The Balaban J connectivity index is 1.37. The molecule has 2 saturated heterocycles. The van der Waals surface area contributed by atoms with Crippen LogP contribution in [-0.4, -0.2) is 192 Å². The fourth-order valence-electron chi connectivity index (χ4n) is 12.9. The minimum atomic E-state index is -1.11. The Kier molecular flexibility index (Phi) is 32.9. The lowest BCUT2D eigenvalue weighted by atomic mass is 9.86. The molecular weight excluding hydrogens is 1250 g/mol. The molecule has 4 rings (SSSR count). The van der Waals surface area contributed by atoms with Crippen molar-refractivity contribution in [3.63, 3.8) is 0 Å². The number of primary amides is 1. The van der Waals surface area contributed by atoms with E-state index < -0.39 is 120 Å². The Morgan fingerprint density at radius 3 is 1.96 bits per heavy atom. The molecular formula is C71H113N11O15. The lowest BCUT2D eigenvalue weighted by molar-refractivity contribution is -0.148. The summed E-state index contributed by atoms with van der Waals surface area (Å²) in [4.78, 5) is 155. The second-order valence-electron chi connectivity index (χ2n) is 27.5. The molecule has 9 N–H and O–H groups in total. The predicted molar refractivity (Wildman–Crippen MR) is 367 cm³/mol. The highest BCUT2D eigenvalue weighted by Gasteiger charge is 2.47. The minimum Gasteiger partial charge on any atom is -0.445 e. The summed E-state index contributed by atoms with van der Waals surface area (Å²) in [7, 11) is 6.08. The monoisotopic (exact) mass is 1360 g/mol. The van der Waals surface area contributed by atoms with Crippen molar-refractivity contribution in [3.8, 4) is 0 Å². The summed E-state index contributed by atoms with van der Waals surface area (Å²) in [6.45, 7) is 22.3. The quantitative estimate of drug-likeness (QED) is 0.0268. The van der Waals surface area contributed by atoms with Crippen LogP contribution in [0, 0.1) is 35.0 Å². The summed E-state index contributed by atoms with van der Waals surface area (Å²) in [5.74, 6) is -5.61. The van der Waals surface area contributed by atoms with Gasteiger partial charge in [-0.3, -0.25) is 53.0 Å². The molecule has 2 aliphatic rings. The number of likely N-dealkylation sites (tertiary alicyclic amines) is 2. The Hall–Kier alpha value is -7.71. The van der Waals surface area contributed by atoms with E-state index in [9.17, 15) is 57.8 Å². The number of anilines is 1. The van der Waals surface area contributed by atoms with Crippen LogP contribution >= 0.6 is 0 Å². The van der Waals surface area contributed by atoms with Crippen LogP contribution in [0.3, 0.4) is 0 Å². The van der Waals surface area contributed by atoms with Gasteiger partial charge in [0.25, 0.3) is 0 Å². The van der Waals surface area contributed by atoms with Crippen LogP contribution in [0.15, 0.2) is 54.6 Å². The molecule has 2 fully saturated rings. The summed E-state index contributed by atoms with van der Waals surface area (Å²) in [5.41, 5.74) is 6.11.